The summed E-state index contributed by atoms with van der Waals surface area (Å²) in [6.07, 6.45) is 2.15. The van der Waals surface area contributed by atoms with E-state index < -0.39 is 19.7 Å². The van der Waals surface area contributed by atoms with E-state index in [1.807, 2.05) is 11.8 Å². The molecule has 0 radical (unpaired) electrons. The van der Waals surface area contributed by atoms with Crippen LogP contribution in [0.1, 0.15) is 6.92 Å². The lowest BCUT2D eigenvalue weighted by Crippen LogP contribution is -2.44. The van der Waals surface area contributed by atoms with E-state index >= 15 is 0 Å². The van der Waals surface area contributed by atoms with Crippen molar-refractivity contribution in [3.8, 4) is 0 Å². The molecule has 1 fully saturated rings. The minimum Gasteiger partial charge on any atom is -0.377 e. The predicted octanol–water partition coefficient (Wildman–Crippen LogP) is 0.719. The highest BCUT2D eigenvalue weighted by molar-refractivity contribution is 7.91. The SMILES string of the molecule is CC1COCCN1c1ccc(S(C)(=O)=O)cc1S(C)(=O)=O. The van der Waals surface area contributed by atoms with Crippen molar-refractivity contribution in [3.63, 3.8) is 0 Å². The second-order valence-electron chi connectivity index (χ2n) is 5.29. The topological polar surface area (TPSA) is 80.8 Å². The maximum absolute atomic E-state index is 12.0. The fourth-order valence-electron chi connectivity index (χ4n) is 2.34. The van der Waals surface area contributed by atoms with Crippen molar-refractivity contribution >= 4 is 25.4 Å². The highest BCUT2D eigenvalue weighted by Crippen LogP contribution is 2.30. The minimum absolute atomic E-state index is 0.00703. The Balaban J connectivity index is 2.61. The zero-order valence-electron chi connectivity index (χ0n) is 12.2. The first-order chi connectivity index (χ1) is 9.60. The second-order valence-corrected chi connectivity index (χ2v) is 9.29. The molecule has 0 spiro atoms. The summed E-state index contributed by atoms with van der Waals surface area (Å²) in [7, 11) is -6.99. The Kier molecular flexibility index (Phi) is 4.32. The summed E-state index contributed by atoms with van der Waals surface area (Å²) in [5.41, 5.74) is 0.528. The van der Waals surface area contributed by atoms with Crippen LogP contribution >= 0.6 is 0 Å². The van der Waals surface area contributed by atoms with Crippen LogP contribution < -0.4 is 4.90 Å². The fourth-order valence-corrected chi connectivity index (χ4v) is 3.97. The molecule has 0 saturated carbocycles. The van der Waals surface area contributed by atoms with Gasteiger partial charge < -0.3 is 9.64 Å². The normalized spacial score (nSPS) is 20.5. The molecule has 21 heavy (non-hydrogen) atoms. The smallest absolute Gasteiger partial charge is 0.177 e. The summed E-state index contributed by atoms with van der Waals surface area (Å²) in [5.74, 6) is 0. The number of sulfone groups is 2. The van der Waals surface area contributed by atoms with Crippen molar-refractivity contribution in [2.75, 3.05) is 37.2 Å². The van der Waals surface area contributed by atoms with Gasteiger partial charge in [0.25, 0.3) is 0 Å². The van der Waals surface area contributed by atoms with E-state index in [4.69, 9.17) is 4.74 Å². The van der Waals surface area contributed by atoms with Gasteiger partial charge in [-0.15, -0.1) is 0 Å². The van der Waals surface area contributed by atoms with Gasteiger partial charge in [0.05, 0.1) is 28.7 Å². The highest BCUT2D eigenvalue weighted by Gasteiger charge is 2.26. The molecule has 1 saturated heterocycles. The lowest BCUT2D eigenvalue weighted by atomic mass is 10.2. The number of anilines is 1. The molecule has 1 aromatic carbocycles. The standard InChI is InChI=1S/C13H19NO5S2/c1-10-9-19-7-6-14(10)12-5-4-11(20(2,15)16)8-13(12)21(3,17)18/h4-5,8,10H,6-7,9H2,1-3H3. The van der Waals surface area contributed by atoms with Crippen molar-refractivity contribution < 1.29 is 21.6 Å². The molecule has 6 nitrogen and oxygen atoms in total. The third-order valence-corrected chi connectivity index (χ3v) is 5.67. The average Bonchev–Trinajstić information content (AvgIpc) is 2.36. The first kappa shape index (κ1) is 16.3. The van der Waals surface area contributed by atoms with Crippen LogP contribution in [0.2, 0.25) is 0 Å². The molecule has 1 unspecified atom stereocenters. The van der Waals surface area contributed by atoms with Gasteiger partial charge in [0.1, 0.15) is 0 Å². The second kappa shape index (κ2) is 5.58. The molecule has 1 atom stereocenters. The van der Waals surface area contributed by atoms with Crippen LogP contribution in [0, 0.1) is 0 Å². The lowest BCUT2D eigenvalue weighted by molar-refractivity contribution is 0.0987. The van der Waals surface area contributed by atoms with Gasteiger partial charge in [0.2, 0.25) is 0 Å². The van der Waals surface area contributed by atoms with Gasteiger partial charge in [-0.25, -0.2) is 16.8 Å². The summed E-state index contributed by atoms with van der Waals surface area (Å²) in [4.78, 5) is 1.98. The van der Waals surface area contributed by atoms with E-state index in [-0.39, 0.29) is 15.8 Å². The van der Waals surface area contributed by atoms with Crippen LogP contribution in [0.25, 0.3) is 0 Å². The molecule has 1 heterocycles. The Labute approximate surface area is 125 Å². The van der Waals surface area contributed by atoms with Crippen LogP contribution in [0.5, 0.6) is 0 Å². The number of hydrogen-bond acceptors (Lipinski definition) is 6. The van der Waals surface area contributed by atoms with Crippen LogP contribution in [0.15, 0.2) is 28.0 Å². The Morgan fingerprint density at radius 3 is 2.33 bits per heavy atom. The maximum Gasteiger partial charge on any atom is 0.177 e. The minimum atomic E-state index is -3.54. The zero-order chi connectivity index (χ0) is 15.8. The maximum atomic E-state index is 12.0. The number of nitrogens with zero attached hydrogens (tertiary/aromatic N) is 1. The molecule has 8 heteroatoms. The number of ether oxygens (including phenoxy) is 1. The van der Waals surface area contributed by atoms with E-state index in [0.717, 1.165) is 12.5 Å². The number of hydrogen-bond donors (Lipinski definition) is 0. The molecular formula is C13H19NO5S2. The van der Waals surface area contributed by atoms with Gasteiger partial charge in [-0.3, -0.25) is 0 Å². The van der Waals surface area contributed by atoms with Crippen molar-refractivity contribution in [2.45, 2.75) is 22.8 Å². The van der Waals surface area contributed by atoms with E-state index in [1.54, 1.807) is 6.07 Å². The van der Waals surface area contributed by atoms with Crippen LogP contribution in [0.3, 0.4) is 0 Å². The molecule has 1 aliphatic heterocycles. The molecule has 0 N–H and O–H groups in total. The summed E-state index contributed by atoms with van der Waals surface area (Å²) in [5, 5.41) is 0. The van der Waals surface area contributed by atoms with E-state index in [1.165, 1.54) is 12.1 Å². The molecule has 0 aliphatic carbocycles. The fraction of sp³-hybridized carbons (Fsp3) is 0.538. The summed E-state index contributed by atoms with van der Waals surface area (Å²) in [6, 6.07) is 4.28. The summed E-state index contributed by atoms with van der Waals surface area (Å²) in [6.45, 7) is 3.54. The highest BCUT2D eigenvalue weighted by atomic mass is 32.2. The van der Waals surface area contributed by atoms with Crippen molar-refractivity contribution in [3.05, 3.63) is 18.2 Å². The first-order valence-electron chi connectivity index (χ1n) is 6.49. The Morgan fingerprint density at radius 2 is 1.81 bits per heavy atom. The molecule has 0 bridgehead atoms. The molecule has 0 amide bonds. The van der Waals surface area contributed by atoms with Gasteiger partial charge in [0.15, 0.2) is 19.7 Å². The Morgan fingerprint density at radius 1 is 1.14 bits per heavy atom. The third-order valence-electron chi connectivity index (χ3n) is 3.44. The van der Waals surface area contributed by atoms with Crippen LogP contribution in [0.4, 0.5) is 5.69 Å². The molecule has 118 valence electrons. The Bertz CT molecular complexity index is 740. The van der Waals surface area contributed by atoms with E-state index in [0.29, 0.717) is 25.4 Å². The summed E-state index contributed by atoms with van der Waals surface area (Å²) < 4.78 is 52.7. The van der Waals surface area contributed by atoms with Crippen molar-refractivity contribution in [1.29, 1.82) is 0 Å². The molecular weight excluding hydrogens is 314 g/mol. The van der Waals surface area contributed by atoms with E-state index in [9.17, 15) is 16.8 Å². The molecule has 2 rings (SSSR count). The van der Waals surface area contributed by atoms with Crippen LogP contribution in [-0.4, -0.2) is 55.1 Å². The van der Waals surface area contributed by atoms with Gasteiger partial charge in [-0.2, -0.15) is 0 Å². The predicted molar refractivity (Wildman–Crippen MR) is 80.3 cm³/mol. The van der Waals surface area contributed by atoms with Gasteiger partial charge >= 0.3 is 0 Å². The average molecular weight is 333 g/mol. The van der Waals surface area contributed by atoms with Crippen LogP contribution in [-0.2, 0) is 24.4 Å². The largest absolute Gasteiger partial charge is 0.377 e. The first-order valence-corrected chi connectivity index (χ1v) is 10.3. The van der Waals surface area contributed by atoms with Gasteiger partial charge in [-0.05, 0) is 25.1 Å². The molecule has 1 aliphatic rings. The van der Waals surface area contributed by atoms with Crippen molar-refractivity contribution in [2.24, 2.45) is 0 Å². The number of benzene rings is 1. The number of rotatable bonds is 3. The van der Waals surface area contributed by atoms with E-state index in [2.05, 4.69) is 0 Å². The van der Waals surface area contributed by atoms with Gasteiger partial charge in [-0.1, -0.05) is 0 Å². The van der Waals surface area contributed by atoms with Crippen molar-refractivity contribution in [1.82, 2.24) is 0 Å². The molecule has 1 aromatic rings. The van der Waals surface area contributed by atoms with Gasteiger partial charge in [0, 0.05) is 25.1 Å². The molecule has 0 aromatic heterocycles. The zero-order valence-corrected chi connectivity index (χ0v) is 13.9. The lowest BCUT2D eigenvalue weighted by Gasteiger charge is -2.36. The quantitative estimate of drug-likeness (QED) is 0.811. The number of morpholine rings is 1. The summed E-state index contributed by atoms with van der Waals surface area (Å²) >= 11 is 0. The third kappa shape index (κ3) is 3.56. The Hall–Kier alpha value is -1.12. The monoisotopic (exact) mass is 333 g/mol.